The molecule has 26 heavy (non-hydrogen) atoms. The zero-order valence-electron chi connectivity index (χ0n) is 13.8. The van der Waals surface area contributed by atoms with Gasteiger partial charge in [-0.05, 0) is 24.3 Å². The molecular formula is C18H15N3O5. The van der Waals surface area contributed by atoms with Gasteiger partial charge >= 0.3 is 11.9 Å². The van der Waals surface area contributed by atoms with Crippen LogP contribution in [0.5, 0.6) is 0 Å². The van der Waals surface area contributed by atoms with Crippen molar-refractivity contribution in [2.75, 3.05) is 19.0 Å². The van der Waals surface area contributed by atoms with Gasteiger partial charge in [0.1, 0.15) is 5.65 Å². The summed E-state index contributed by atoms with van der Waals surface area (Å²) >= 11 is 0. The van der Waals surface area contributed by atoms with Crippen LogP contribution in [0.2, 0.25) is 0 Å². The Morgan fingerprint density at radius 3 is 2.62 bits per heavy atom. The van der Waals surface area contributed by atoms with Gasteiger partial charge in [0.15, 0.2) is 12.3 Å². The van der Waals surface area contributed by atoms with E-state index in [1.54, 1.807) is 47.0 Å². The van der Waals surface area contributed by atoms with Gasteiger partial charge in [0, 0.05) is 12.4 Å². The molecule has 0 bridgehead atoms. The average Bonchev–Trinajstić information content (AvgIpc) is 3.10. The van der Waals surface area contributed by atoms with E-state index in [0.29, 0.717) is 5.65 Å². The molecule has 0 aliphatic rings. The summed E-state index contributed by atoms with van der Waals surface area (Å²) in [5, 5.41) is 2.52. The van der Waals surface area contributed by atoms with Gasteiger partial charge in [-0.3, -0.25) is 4.79 Å². The van der Waals surface area contributed by atoms with Gasteiger partial charge in [-0.25, -0.2) is 14.6 Å². The smallest absolute Gasteiger partial charge is 0.359 e. The minimum atomic E-state index is -0.717. The summed E-state index contributed by atoms with van der Waals surface area (Å²) in [6.07, 6.45) is 3.26. The molecule has 0 aliphatic carbocycles. The summed E-state index contributed by atoms with van der Waals surface area (Å²) in [5.74, 6) is -1.88. The largest absolute Gasteiger partial charge is 0.465 e. The van der Waals surface area contributed by atoms with Crippen molar-refractivity contribution in [3.05, 3.63) is 66.1 Å². The summed E-state index contributed by atoms with van der Waals surface area (Å²) in [5.41, 5.74) is 1.16. The topological polar surface area (TPSA) is 99.0 Å². The fourth-order valence-electron chi connectivity index (χ4n) is 2.30. The minimum Gasteiger partial charge on any atom is -0.465 e. The zero-order chi connectivity index (χ0) is 18.5. The first-order valence-corrected chi connectivity index (χ1v) is 7.66. The van der Waals surface area contributed by atoms with Crippen LogP contribution in [-0.2, 0) is 14.3 Å². The first kappa shape index (κ1) is 17.2. The second-order valence-electron chi connectivity index (χ2n) is 5.25. The van der Waals surface area contributed by atoms with Crippen LogP contribution in [0.1, 0.15) is 20.8 Å². The number of carbonyl (C=O) groups excluding carboxylic acids is 3. The molecule has 0 saturated carbocycles. The van der Waals surface area contributed by atoms with Crippen LogP contribution >= 0.6 is 0 Å². The van der Waals surface area contributed by atoms with Gasteiger partial charge in [0.2, 0.25) is 0 Å². The second kappa shape index (κ2) is 7.47. The number of ether oxygens (including phenoxy) is 2. The maximum atomic E-state index is 12.0. The van der Waals surface area contributed by atoms with Gasteiger partial charge in [-0.1, -0.05) is 18.2 Å². The third kappa shape index (κ3) is 3.69. The molecule has 2 aromatic heterocycles. The minimum absolute atomic E-state index is 0.0963. The number of amides is 1. The highest BCUT2D eigenvalue weighted by Crippen LogP contribution is 2.16. The number of anilines is 1. The lowest BCUT2D eigenvalue weighted by Gasteiger charge is -2.09. The van der Waals surface area contributed by atoms with E-state index in [4.69, 9.17) is 4.74 Å². The van der Waals surface area contributed by atoms with Crippen molar-refractivity contribution in [3.8, 4) is 0 Å². The van der Waals surface area contributed by atoms with E-state index in [1.807, 2.05) is 0 Å². The third-order valence-electron chi connectivity index (χ3n) is 3.51. The summed E-state index contributed by atoms with van der Waals surface area (Å²) in [7, 11) is 1.25. The first-order valence-electron chi connectivity index (χ1n) is 7.66. The number of fused-ring (bicyclic) bond motifs is 1. The summed E-state index contributed by atoms with van der Waals surface area (Å²) in [6.45, 7) is -0.512. The molecule has 2 heterocycles. The van der Waals surface area contributed by atoms with Crippen molar-refractivity contribution in [1.29, 1.82) is 0 Å². The number of hydrogen-bond acceptors (Lipinski definition) is 6. The van der Waals surface area contributed by atoms with Crippen LogP contribution in [0.4, 0.5) is 5.69 Å². The van der Waals surface area contributed by atoms with Crippen molar-refractivity contribution in [1.82, 2.24) is 9.38 Å². The molecule has 0 saturated heterocycles. The number of nitrogens with zero attached hydrogens (tertiary/aromatic N) is 2. The number of para-hydroxylation sites is 1. The molecule has 132 valence electrons. The van der Waals surface area contributed by atoms with E-state index < -0.39 is 24.5 Å². The number of imidazole rings is 1. The normalized spacial score (nSPS) is 10.3. The molecule has 8 heteroatoms. The van der Waals surface area contributed by atoms with E-state index in [2.05, 4.69) is 15.0 Å². The summed E-state index contributed by atoms with van der Waals surface area (Å²) in [6, 6.07) is 11.7. The lowest BCUT2D eigenvalue weighted by molar-refractivity contribution is -0.119. The van der Waals surface area contributed by atoms with Crippen LogP contribution in [0.25, 0.3) is 5.65 Å². The molecule has 3 aromatic rings. The number of methoxy groups -OCH3 is 1. The highest BCUT2D eigenvalue weighted by Gasteiger charge is 2.16. The number of aromatic nitrogens is 2. The number of nitrogens with one attached hydrogen (secondary N) is 1. The Bertz CT molecular complexity index is 947. The van der Waals surface area contributed by atoms with E-state index in [0.717, 1.165) is 0 Å². The van der Waals surface area contributed by atoms with Crippen molar-refractivity contribution >= 4 is 29.2 Å². The van der Waals surface area contributed by atoms with Crippen molar-refractivity contribution in [2.24, 2.45) is 0 Å². The Morgan fingerprint density at radius 1 is 1.08 bits per heavy atom. The van der Waals surface area contributed by atoms with Crippen LogP contribution in [0, 0.1) is 0 Å². The molecule has 1 N–H and O–H groups in total. The van der Waals surface area contributed by atoms with Crippen LogP contribution in [-0.4, -0.2) is 40.9 Å². The van der Waals surface area contributed by atoms with E-state index >= 15 is 0 Å². The Morgan fingerprint density at radius 2 is 1.85 bits per heavy atom. The van der Waals surface area contributed by atoms with Crippen LogP contribution in [0.15, 0.2) is 54.9 Å². The molecular weight excluding hydrogens is 338 g/mol. The number of hydrogen-bond donors (Lipinski definition) is 1. The molecule has 0 atom stereocenters. The van der Waals surface area contributed by atoms with Crippen molar-refractivity contribution in [2.45, 2.75) is 0 Å². The fraction of sp³-hybridized carbons (Fsp3) is 0.111. The maximum Gasteiger partial charge on any atom is 0.359 e. The molecule has 0 spiro atoms. The molecule has 3 rings (SSSR count). The van der Waals surface area contributed by atoms with Crippen LogP contribution in [0.3, 0.4) is 0 Å². The number of benzene rings is 1. The highest BCUT2D eigenvalue weighted by molar-refractivity contribution is 6.02. The lowest BCUT2D eigenvalue weighted by Crippen LogP contribution is -2.22. The maximum absolute atomic E-state index is 12.0. The van der Waals surface area contributed by atoms with Gasteiger partial charge < -0.3 is 19.2 Å². The van der Waals surface area contributed by atoms with Gasteiger partial charge in [-0.2, -0.15) is 0 Å². The van der Waals surface area contributed by atoms with Gasteiger partial charge in [-0.15, -0.1) is 0 Å². The summed E-state index contributed by atoms with van der Waals surface area (Å²) in [4.78, 5) is 39.9. The fourth-order valence-corrected chi connectivity index (χ4v) is 2.30. The lowest BCUT2D eigenvalue weighted by atomic mass is 10.2. The van der Waals surface area contributed by atoms with Gasteiger partial charge in [0.05, 0.1) is 18.4 Å². The van der Waals surface area contributed by atoms with E-state index in [1.165, 1.54) is 19.4 Å². The van der Waals surface area contributed by atoms with Crippen molar-refractivity contribution in [3.63, 3.8) is 0 Å². The monoisotopic (exact) mass is 353 g/mol. The molecule has 0 unspecified atom stereocenters. The molecule has 0 aliphatic heterocycles. The van der Waals surface area contributed by atoms with Gasteiger partial charge in [0.25, 0.3) is 5.91 Å². The molecule has 1 amide bonds. The quantitative estimate of drug-likeness (QED) is 0.704. The Balaban J connectivity index is 1.62. The zero-order valence-corrected chi connectivity index (χ0v) is 13.8. The van der Waals surface area contributed by atoms with Crippen LogP contribution < -0.4 is 5.32 Å². The number of pyridine rings is 1. The molecule has 0 radical (unpaired) electrons. The SMILES string of the molecule is COC(=O)c1ccccc1NC(=O)COC(=O)c1cn2ccccc2n1. The number of carbonyl (C=O) groups is 3. The van der Waals surface area contributed by atoms with E-state index in [9.17, 15) is 14.4 Å². The molecule has 0 fully saturated rings. The Labute approximate surface area is 148 Å². The standard InChI is InChI=1S/C18H15N3O5/c1-25-17(23)12-6-2-3-7-13(12)20-16(22)11-26-18(24)14-10-21-9-5-4-8-15(21)19-14/h2-10H,11H2,1H3,(H,20,22). The number of rotatable bonds is 5. The highest BCUT2D eigenvalue weighted by atomic mass is 16.5. The Hall–Kier alpha value is -3.68. The first-order chi connectivity index (χ1) is 12.6. The second-order valence-corrected chi connectivity index (χ2v) is 5.25. The molecule has 1 aromatic carbocycles. The number of esters is 2. The van der Waals surface area contributed by atoms with E-state index in [-0.39, 0.29) is 16.9 Å². The molecule has 8 nitrogen and oxygen atoms in total. The average molecular weight is 353 g/mol. The van der Waals surface area contributed by atoms with Crippen molar-refractivity contribution < 1.29 is 23.9 Å². The third-order valence-corrected chi connectivity index (χ3v) is 3.51. The Kier molecular flexibility index (Phi) is 4.93. The summed E-state index contributed by atoms with van der Waals surface area (Å²) < 4.78 is 11.3. The predicted molar refractivity (Wildman–Crippen MR) is 91.9 cm³/mol. The predicted octanol–water partition coefficient (Wildman–Crippen LogP) is 1.92.